The molecule has 2 atom stereocenters. The molecule has 0 saturated carbocycles. The lowest BCUT2D eigenvalue weighted by Crippen LogP contribution is -2.48. The van der Waals surface area contributed by atoms with Gasteiger partial charge in [-0.05, 0) is 74.6 Å². The van der Waals surface area contributed by atoms with Crippen LogP contribution in [0.4, 0.5) is 17.6 Å². The Bertz CT molecular complexity index is 1090. The molecule has 8 heteroatoms. The summed E-state index contributed by atoms with van der Waals surface area (Å²) in [4.78, 5) is 12.4. The number of allylic oxidation sites excluding steroid dienone is 1. The normalized spacial score (nSPS) is 21.4. The Labute approximate surface area is 188 Å². The van der Waals surface area contributed by atoms with Crippen molar-refractivity contribution in [2.75, 3.05) is 0 Å². The van der Waals surface area contributed by atoms with Gasteiger partial charge in [-0.25, -0.2) is 9.18 Å². The molecule has 2 aromatic carbocycles. The minimum Gasteiger partial charge on any atom is -0.456 e. The second-order valence-electron chi connectivity index (χ2n) is 8.94. The van der Waals surface area contributed by atoms with Gasteiger partial charge in [0.05, 0.1) is 16.7 Å². The highest BCUT2D eigenvalue weighted by atomic mass is 35.5. The van der Waals surface area contributed by atoms with Gasteiger partial charge in [-0.2, -0.15) is 13.2 Å². The van der Waals surface area contributed by atoms with Crippen molar-refractivity contribution in [2.24, 2.45) is 0 Å². The average Bonchev–Trinajstić information content (AvgIpc) is 3.00. The Morgan fingerprint density at radius 2 is 1.81 bits per heavy atom. The van der Waals surface area contributed by atoms with Gasteiger partial charge in [0, 0.05) is 0 Å². The summed E-state index contributed by atoms with van der Waals surface area (Å²) in [5, 5.41) is 10.1. The van der Waals surface area contributed by atoms with Gasteiger partial charge in [0.15, 0.2) is 0 Å². The zero-order chi connectivity index (χ0) is 24.1. The monoisotopic (exact) mass is 470 g/mol. The van der Waals surface area contributed by atoms with E-state index in [0.717, 1.165) is 24.3 Å². The maximum absolute atomic E-state index is 14.3. The molecule has 1 N–H and O–H groups in total. The largest absolute Gasteiger partial charge is 0.456 e. The molecule has 3 nitrogen and oxygen atoms in total. The van der Waals surface area contributed by atoms with E-state index in [9.17, 15) is 27.5 Å². The number of aliphatic hydroxyl groups excluding tert-OH is 1. The number of rotatable bonds is 3. The van der Waals surface area contributed by atoms with Gasteiger partial charge in [-0.1, -0.05) is 35.9 Å². The van der Waals surface area contributed by atoms with E-state index in [4.69, 9.17) is 16.3 Å². The van der Waals surface area contributed by atoms with Crippen LogP contribution in [-0.2, 0) is 10.2 Å². The number of esters is 1. The molecule has 0 aliphatic heterocycles. The van der Waals surface area contributed by atoms with Crippen molar-refractivity contribution >= 4 is 23.1 Å². The molecule has 0 amide bonds. The van der Waals surface area contributed by atoms with E-state index < -0.39 is 46.5 Å². The van der Waals surface area contributed by atoms with Crippen molar-refractivity contribution in [1.82, 2.24) is 0 Å². The topological polar surface area (TPSA) is 46.5 Å². The Morgan fingerprint density at radius 1 is 1.16 bits per heavy atom. The summed E-state index contributed by atoms with van der Waals surface area (Å²) >= 11 is 5.73. The molecule has 3 rings (SSSR count). The highest BCUT2D eigenvalue weighted by Gasteiger charge is 2.62. The standard InChI is InChI=1S/C24H23ClF4O3/c1-13-9-14(5-7-17(13)21(31)32-22(2,3)4)15-10-20(30)23(12-15,24(27,28)29)16-6-8-19(26)18(25)11-16/h5-11,20,30H,12H2,1-4H3. The lowest BCUT2D eigenvalue weighted by molar-refractivity contribution is -0.207. The predicted molar refractivity (Wildman–Crippen MR) is 114 cm³/mol. The molecule has 0 bridgehead atoms. The molecule has 0 spiro atoms. The van der Waals surface area contributed by atoms with Gasteiger partial charge < -0.3 is 9.84 Å². The van der Waals surface area contributed by atoms with Crippen molar-refractivity contribution in [3.63, 3.8) is 0 Å². The lowest BCUT2D eigenvalue weighted by atomic mass is 9.74. The molecule has 0 heterocycles. The van der Waals surface area contributed by atoms with Crippen molar-refractivity contribution in [3.8, 4) is 0 Å². The summed E-state index contributed by atoms with van der Waals surface area (Å²) in [6.45, 7) is 6.86. The molecule has 1 aliphatic carbocycles. The van der Waals surface area contributed by atoms with Crippen molar-refractivity contribution in [2.45, 2.75) is 57.4 Å². The third-order valence-electron chi connectivity index (χ3n) is 5.49. The number of halogens is 5. The number of benzene rings is 2. The fourth-order valence-electron chi connectivity index (χ4n) is 3.90. The Kier molecular flexibility index (Phi) is 6.21. The molecular weight excluding hydrogens is 448 g/mol. The molecule has 2 unspecified atom stereocenters. The van der Waals surface area contributed by atoms with Gasteiger partial charge >= 0.3 is 12.1 Å². The molecule has 0 saturated heterocycles. The van der Waals surface area contributed by atoms with Gasteiger partial charge in [0.1, 0.15) is 16.8 Å². The summed E-state index contributed by atoms with van der Waals surface area (Å²) in [7, 11) is 0. The van der Waals surface area contributed by atoms with E-state index in [0.29, 0.717) is 16.7 Å². The molecule has 0 aromatic heterocycles. The highest BCUT2D eigenvalue weighted by molar-refractivity contribution is 6.30. The summed E-state index contributed by atoms with van der Waals surface area (Å²) in [5.41, 5.74) is -2.16. The van der Waals surface area contributed by atoms with E-state index in [2.05, 4.69) is 0 Å². The van der Waals surface area contributed by atoms with Gasteiger partial charge in [0.25, 0.3) is 0 Å². The van der Waals surface area contributed by atoms with Crippen molar-refractivity contribution in [3.05, 3.63) is 75.6 Å². The second kappa shape index (κ2) is 8.19. The zero-order valence-electron chi connectivity index (χ0n) is 18.0. The van der Waals surface area contributed by atoms with E-state index in [1.165, 1.54) is 12.1 Å². The number of hydrogen-bond acceptors (Lipinski definition) is 3. The maximum Gasteiger partial charge on any atom is 0.401 e. The molecule has 0 fully saturated rings. The Hall–Kier alpha value is -2.38. The van der Waals surface area contributed by atoms with E-state index in [1.807, 2.05) is 0 Å². The molecular formula is C24H23ClF4O3. The maximum atomic E-state index is 14.3. The SMILES string of the molecule is Cc1cc(C2=CC(O)C(c3ccc(F)c(Cl)c3)(C(F)(F)F)C2)ccc1C(=O)OC(C)(C)C. The van der Waals surface area contributed by atoms with Crippen LogP contribution in [0.1, 0.15) is 54.2 Å². The van der Waals surface area contributed by atoms with Crippen LogP contribution < -0.4 is 0 Å². The number of ether oxygens (including phenoxy) is 1. The summed E-state index contributed by atoms with van der Waals surface area (Å²) in [6.07, 6.45) is -6.15. The van der Waals surface area contributed by atoms with E-state index in [1.54, 1.807) is 33.8 Å². The molecule has 32 heavy (non-hydrogen) atoms. The van der Waals surface area contributed by atoms with Crippen LogP contribution in [0.5, 0.6) is 0 Å². The second-order valence-corrected chi connectivity index (χ2v) is 9.35. The van der Waals surface area contributed by atoms with Crippen LogP contribution >= 0.6 is 11.6 Å². The predicted octanol–water partition coefficient (Wildman–Crippen LogP) is 6.39. The fourth-order valence-corrected chi connectivity index (χ4v) is 4.08. The minimum absolute atomic E-state index is 0.258. The smallest absolute Gasteiger partial charge is 0.401 e. The summed E-state index contributed by atoms with van der Waals surface area (Å²) in [6, 6.07) is 7.35. The van der Waals surface area contributed by atoms with Crippen LogP contribution in [0.2, 0.25) is 5.02 Å². The molecule has 2 aromatic rings. The fraction of sp³-hybridized carbons (Fsp3) is 0.375. The number of carbonyl (C=O) groups excluding carboxylic acids is 1. The number of aryl methyl sites for hydroxylation is 1. The van der Waals surface area contributed by atoms with Crippen LogP contribution in [0, 0.1) is 12.7 Å². The lowest BCUT2D eigenvalue weighted by Gasteiger charge is -2.35. The third kappa shape index (κ3) is 4.41. The van der Waals surface area contributed by atoms with E-state index in [-0.39, 0.29) is 11.1 Å². The molecule has 1 aliphatic rings. The van der Waals surface area contributed by atoms with Gasteiger partial charge in [-0.15, -0.1) is 0 Å². The Morgan fingerprint density at radius 3 is 2.34 bits per heavy atom. The highest BCUT2D eigenvalue weighted by Crippen LogP contribution is 2.54. The van der Waals surface area contributed by atoms with Crippen LogP contribution in [0.25, 0.3) is 5.57 Å². The first-order chi connectivity index (χ1) is 14.7. The van der Waals surface area contributed by atoms with Crippen molar-refractivity contribution in [1.29, 1.82) is 0 Å². The number of alkyl halides is 3. The first-order valence-electron chi connectivity index (χ1n) is 9.91. The van der Waals surface area contributed by atoms with Crippen LogP contribution in [0.3, 0.4) is 0 Å². The van der Waals surface area contributed by atoms with Crippen molar-refractivity contribution < 1.29 is 32.2 Å². The number of carbonyl (C=O) groups is 1. The summed E-state index contributed by atoms with van der Waals surface area (Å²) < 4.78 is 61.8. The van der Waals surface area contributed by atoms with Gasteiger partial charge in [0.2, 0.25) is 0 Å². The zero-order valence-corrected chi connectivity index (χ0v) is 18.7. The summed E-state index contributed by atoms with van der Waals surface area (Å²) in [5.74, 6) is -1.38. The van der Waals surface area contributed by atoms with Crippen LogP contribution in [-0.4, -0.2) is 29.0 Å². The first-order valence-corrected chi connectivity index (χ1v) is 10.3. The average molecular weight is 471 g/mol. The number of hydrogen-bond donors (Lipinski definition) is 1. The third-order valence-corrected chi connectivity index (χ3v) is 5.78. The molecule has 0 radical (unpaired) electrons. The van der Waals surface area contributed by atoms with Gasteiger partial charge in [-0.3, -0.25) is 0 Å². The van der Waals surface area contributed by atoms with Crippen LogP contribution in [0.15, 0.2) is 42.5 Å². The first kappa shape index (κ1) is 24.3. The number of aliphatic hydroxyl groups is 1. The molecule has 172 valence electrons. The van der Waals surface area contributed by atoms with E-state index >= 15 is 0 Å². The minimum atomic E-state index is -4.84. The quantitative estimate of drug-likeness (QED) is 0.417. The Balaban J connectivity index is 1.99.